The molecule has 0 aliphatic rings. The Hall–Kier alpha value is -0.830. The molecule has 1 atom stereocenters. The van der Waals surface area contributed by atoms with E-state index in [4.69, 9.17) is 0 Å². The minimum Gasteiger partial charge on any atom is -0.433 e. The SMILES string of the molecule is CC(=O)C(Br)c1cccc(SC(F)(F)F)c1OC(F)F. The molecule has 1 unspecified atom stereocenters. The Morgan fingerprint density at radius 3 is 2.40 bits per heavy atom. The van der Waals surface area contributed by atoms with Crippen molar-refractivity contribution in [2.75, 3.05) is 0 Å². The second-order valence-corrected chi connectivity index (χ2v) is 5.60. The van der Waals surface area contributed by atoms with E-state index < -0.39 is 45.1 Å². The summed E-state index contributed by atoms with van der Waals surface area (Å²) in [4.78, 5) is 9.71. The summed E-state index contributed by atoms with van der Waals surface area (Å²) in [6, 6.07) is 3.48. The van der Waals surface area contributed by atoms with E-state index >= 15 is 0 Å². The first kappa shape index (κ1) is 17.2. The van der Waals surface area contributed by atoms with Crippen molar-refractivity contribution in [3.63, 3.8) is 0 Å². The van der Waals surface area contributed by atoms with Crippen molar-refractivity contribution >= 4 is 33.5 Å². The fourth-order valence-electron chi connectivity index (χ4n) is 1.37. The first-order valence-electron chi connectivity index (χ1n) is 5.10. The van der Waals surface area contributed by atoms with Crippen molar-refractivity contribution < 1.29 is 31.5 Å². The number of hydrogen-bond donors (Lipinski definition) is 0. The third-order valence-corrected chi connectivity index (χ3v) is 3.98. The fraction of sp³-hybridized carbons (Fsp3) is 0.364. The molecule has 0 aliphatic carbocycles. The van der Waals surface area contributed by atoms with Crippen LogP contribution in [0.5, 0.6) is 5.75 Å². The van der Waals surface area contributed by atoms with E-state index in [1.165, 1.54) is 19.1 Å². The van der Waals surface area contributed by atoms with Gasteiger partial charge in [0.15, 0.2) is 0 Å². The Kier molecular flexibility index (Phi) is 5.81. The van der Waals surface area contributed by atoms with E-state index in [1.54, 1.807) is 0 Å². The maximum atomic E-state index is 12.4. The fourth-order valence-corrected chi connectivity index (χ4v) is 2.39. The molecule has 9 heteroatoms. The molecule has 0 radical (unpaired) electrons. The predicted octanol–water partition coefficient (Wildman–Crippen LogP) is 4.92. The summed E-state index contributed by atoms with van der Waals surface area (Å²) in [6.45, 7) is -2.12. The third kappa shape index (κ3) is 4.93. The van der Waals surface area contributed by atoms with Crippen LogP contribution in [0.2, 0.25) is 0 Å². The summed E-state index contributed by atoms with van der Waals surface area (Å²) in [5.74, 6) is -1.10. The number of halogens is 6. The van der Waals surface area contributed by atoms with Gasteiger partial charge in [0.05, 0.1) is 4.90 Å². The Morgan fingerprint density at radius 1 is 1.35 bits per heavy atom. The molecule has 0 heterocycles. The zero-order valence-electron chi connectivity index (χ0n) is 9.88. The first-order valence-corrected chi connectivity index (χ1v) is 6.83. The maximum absolute atomic E-state index is 12.4. The van der Waals surface area contributed by atoms with Gasteiger partial charge in [-0.3, -0.25) is 4.79 Å². The lowest BCUT2D eigenvalue weighted by Crippen LogP contribution is -2.10. The van der Waals surface area contributed by atoms with Gasteiger partial charge in [-0.15, -0.1) is 0 Å². The van der Waals surface area contributed by atoms with E-state index in [1.807, 2.05) is 0 Å². The number of thioether (sulfide) groups is 1. The highest BCUT2D eigenvalue weighted by Crippen LogP contribution is 2.45. The number of rotatable bonds is 5. The Morgan fingerprint density at radius 2 is 1.95 bits per heavy atom. The van der Waals surface area contributed by atoms with Gasteiger partial charge in [-0.05, 0) is 24.8 Å². The molecule has 0 aromatic heterocycles. The largest absolute Gasteiger partial charge is 0.446 e. The summed E-state index contributed by atoms with van der Waals surface area (Å²) in [5.41, 5.74) is -4.73. The van der Waals surface area contributed by atoms with E-state index in [2.05, 4.69) is 20.7 Å². The van der Waals surface area contributed by atoms with Crippen molar-refractivity contribution in [2.24, 2.45) is 0 Å². The van der Waals surface area contributed by atoms with Crippen LogP contribution in [0.25, 0.3) is 0 Å². The lowest BCUT2D eigenvalue weighted by molar-refractivity contribution is -0.116. The zero-order valence-corrected chi connectivity index (χ0v) is 12.3. The molecule has 0 bridgehead atoms. The van der Waals surface area contributed by atoms with Crippen LogP contribution in [-0.4, -0.2) is 17.9 Å². The van der Waals surface area contributed by atoms with Crippen molar-refractivity contribution in [1.29, 1.82) is 0 Å². The highest BCUT2D eigenvalue weighted by molar-refractivity contribution is 9.09. The molecule has 0 aliphatic heterocycles. The molecule has 20 heavy (non-hydrogen) atoms. The zero-order chi connectivity index (χ0) is 15.5. The highest BCUT2D eigenvalue weighted by atomic mass is 79.9. The molecule has 1 aromatic carbocycles. The molecular formula is C11H8BrF5O2S. The van der Waals surface area contributed by atoms with Gasteiger partial charge in [-0.2, -0.15) is 22.0 Å². The van der Waals surface area contributed by atoms with E-state index in [0.717, 1.165) is 6.07 Å². The van der Waals surface area contributed by atoms with Crippen LogP contribution >= 0.6 is 27.7 Å². The Labute approximate surface area is 123 Å². The van der Waals surface area contributed by atoms with Gasteiger partial charge in [-0.1, -0.05) is 28.1 Å². The van der Waals surface area contributed by atoms with Gasteiger partial charge in [0.25, 0.3) is 0 Å². The van der Waals surface area contributed by atoms with Crippen LogP contribution in [0.15, 0.2) is 23.1 Å². The number of benzene rings is 1. The highest BCUT2D eigenvalue weighted by Gasteiger charge is 2.33. The summed E-state index contributed by atoms with van der Waals surface area (Å²) in [7, 11) is 0. The van der Waals surface area contributed by atoms with E-state index in [9.17, 15) is 26.7 Å². The van der Waals surface area contributed by atoms with Crippen LogP contribution in [0, 0.1) is 0 Å². The smallest absolute Gasteiger partial charge is 0.433 e. The average molecular weight is 379 g/mol. The lowest BCUT2D eigenvalue weighted by atomic mass is 10.1. The number of ether oxygens (including phenoxy) is 1. The second kappa shape index (κ2) is 6.75. The second-order valence-electron chi connectivity index (χ2n) is 3.57. The van der Waals surface area contributed by atoms with Crippen LogP contribution in [0.1, 0.15) is 17.3 Å². The Bertz CT molecular complexity index is 492. The predicted molar refractivity (Wildman–Crippen MR) is 67.3 cm³/mol. The van der Waals surface area contributed by atoms with Gasteiger partial charge in [0.2, 0.25) is 0 Å². The van der Waals surface area contributed by atoms with E-state index in [-0.39, 0.29) is 5.56 Å². The number of carbonyl (C=O) groups is 1. The maximum Gasteiger partial charge on any atom is 0.446 e. The molecule has 0 fully saturated rings. The molecule has 0 saturated carbocycles. The van der Waals surface area contributed by atoms with Crippen molar-refractivity contribution in [2.45, 2.75) is 28.8 Å². The van der Waals surface area contributed by atoms with Crippen molar-refractivity contribution in [1.82, 2.24) is 0 Å². The number of alkyl halides is 6. The van der Waals surface area contributed by atoms with Gasteiger partial charge in [0.1, 0.15) is 16.4 Å². The normalized spacial score (nSPS) is 13.4. The molecule has 0 saturated heterocycles. The molecule has 0 spiro atoms. The number of carbonyl (C=O) groups excluding carboxylic acids is 1. The van der Waals surface area contributed by atoms with Crippen molar-refractivity contribution in [3.05, 3.63) is 23.8 Å². The molecule has 2 nitrogen and oxygen atoms in total. The van der Waals surface area contributed by atoms with Gasteiger partial charge in [0, 0.05) is 5.56 Å². The quantitative estimate of drug-likeness (QED) is 0.413. The molecule has 0 N–H and O–H groups in total. The number of para-hydroxylation sites is 1. The van der Waals surface area contributed by atoms with Crippen LogP contribution in [0.3, 0.4) is 0 Å². The monoisotopic (exact) mass is 378 g/mol. The minimum absolute atomic E-state index is 0.0768. The summed E-state index contributed by atoms with van der Waals surface area (Å²) >= 11 is 2.36. The molecule has 0 amide bonds. The van der Waals surface area contributed by atoms with E-state index in [0.29, 0.717) is 0 Å². The van der Waals surface area contributed by atoms with Gasteiger partial charge >= 0.3 is 12.1 Å². The lowest BCUT2D eigenvalue weighted by Gasteiger charge is -2.17. The number of ketones is 1. The number of Topliss-reactive ketones (excluding diaryl/α,β-unsaturated/α-hetero) is 1. The average Bonchev–Trinajstić information content (AvgIpc) is 2.27. The van der Waals surface area contributed by atoms with Crippen LogP contribution in [0.4, 0.5) is 22.0 Å². The summed E-state index contributed by atoms with van der Waals surface area (Å²) in [5, 5.41) is 0. The minimum atomic E-state index is -4.66. The van der Waals surface area contributed by atoms with Crippen molar-refractivity contribution in [3.8, 4) is 5.75 Å². The molecule has 112 valence electrons. The summed E-state index contributed by atoms with van der Waals surface area (Å²) < 4.78 is 66.1. The number of hydrogen-bond acceptors (Lipinski definition) is 3. The van der Waals surface area contributed by atoms with Gasteiger partial charge in [-0.25, -0.2) is 0 Å². The summed E-state index contributed by atoms with van der Waals surface area (Å²) in [6.07, 6.45) is 0. The first-order chi connectivity index (χ1) is 9.11. The molecular weight excluding hydrogens is 371 g/mol. The topological polar surface area (TPSA) is 26.3 Å². The molecule has 1 rings (SSSR count). The Balaban J connectivity index is 3.30. The third-order valence-electron chi connectivity index (χ3n) is 2.07. The van der Waals surface area contributed by atoms with Crippen LogP contribution in [-0.2, 0) is 4.79 Å². The van der Waals surface area contributed by atoms with Gasteiger partial charge < -0.3 is 4.74 Å². The van der Waals surface area contributed by atoms with Crippen LogP contribution < -0.4 is 4.74 Å². The molecule has 1 aromatic rings. The standard InChI is InChI=1S/C11H8BrF5O2S/c1-5(18)8(12)6-3-2-4-7(20-11(15,16)17)9(6)19-10(13)14/h2-4,8,10H,1H3.